The van der Waals surface area contributed by atoms with E-state index in [4.69, 9.17) is 9.73 Å². The van der Waals surface area contributed by atoms with Crippen LogP contribution in [0.1, 0.15) is 27.7 Å². The zero-order chi connectivity index (χ0) is 19.0. The molecule has 1 unspecified atom stereocenters. The molecule has 2 saturated heterocycles. The van der Waals surface area contributed by atoms with Crippen molar-refractivity contribution in [3.05, 3.63) is 0 Å². The lowest BCUT2D eigenvalue weighted by Gasteiger charge is -2.40. The monoisotopic (exact) mass is 496 g/mol. The molecule has 2 N–H and O–H groups in total. The Morgan fingerprint density at radius 2 is 1.70 bits per heavy atom. The van der Waals surface area contributed by atoms with Crippen LogP contribution in [0.2, 0.25) is 0 Å². The molecule has 0 aromatic heterocycles. The average molecular weight is 496 g/mol. The second kappa shape index (κ2) is 12.4. The number of nitrogens with zero attached hydrogens (tertiary/aromatic N) is 4. The van der Waals surface area contributed by atoms with Crippen LogP contribution >= 0.6 is 24.0 Å². The summed E-state index contributed by atoms with van der Waals surface area (Å²) in [5.41, 5.74) is 0.0508. The molecule has 0 saturated carbocycles. The van der Waals surface area contributed by atoms with Gasteiger partial charge in [0, 0.05) is 63.9 Å². The predicted octanol–water partition coefficient (Wildman–Crippen LogP) is 0.906. The lowest BCUT2D eigenvalue weighted by molar-refractivity contribution is -0.00684. The van der Waals surface area contributed by atoms with Gasteiger partial charge in [0.15, 0.2) is 5.96 Å². The van der Waals surface area contributed by atoms with Gasteiger partial charge in [-0.1, -0.05) is 0 Å². The van der Waals surface area contributed by atoms with Crippen molar-refractivity contribution < 1.29 is 4.74 Å². The molecule has 1 atom stereocenters. The number of guanidine groups is 1. The smallest absolute Gasteiger partial charge is 0.191 e. The van der Waals surface area contributed by atoms with Gasteiger partial charge in [0.25, 0.3) is 0 Å². The van der Waals surface area contributed by atoms with Crippen molar-refractivity contribution in [3.63, 3.8) is 0 Å². The quantitative estimate of drug-likeness (QED) is 0.311. The van der Waals surface area contributed by atoms with Crippen molar-refractivity contribution in [2.75, 3.05) is 79.2 Å². The zero-order valence-electron chi connectivity index (χ0n) is 18.0. The fourth-order valence-corrected chi connectivity index (χ4v) is 3.52. The number of piperazine rings is 1. The second-order valence-corrected chi connectivity index (χ2v) is 8.18. The van der Waals surface area contributed by atoms with Crippen LogP contribution in [0, 0.1) is 0 Å². The van der Waals surface area contributed by atoms with E-state index >= 15 is 0 Å². The maximum absolute atomic E-state index is 5.48. The molecule has 7 nitrogen and oxygen atoms in total. The number of ether oxygens (including phenoxy) is 1. The lowest BCUT2D eigenvalue weighted by Crippen LogP contribution is -2.53. The molecule has 8 heteroatoms. The predicted molar refractivity (Wildman–Crippen MR) is 124 cm³/mol. The van der Waals surface area contributed by atoms with Crippen LogP contribution in [0.15, 0.2) is 4.99 Å². The summed E-state index contributed by atoms with van der Waals surface area (Å²) in [6.45, 7) is 19.8. The molecule has 0 radical (unpaired) electrons. The van der Waals surface area contributed by atoms with E-state index in [1.165, 1.54) is 0 Å². The molecule has 0 spiro atoms. The summed E-state index contributed by atoms with van der Waals surface area (Å²) in [5.74, 6) is 0.926. The molecular formula is C19H41IN6O. The van der Waals surface area contributed by atoms with E-state index in [0.717, 1.165) is 78.1 Å². The molecule has 0 bridgehead atoms. The highest BCUT2D eigenvalue weighted by Gasteiger charge is 2.28. The van der Waals surface area contributed by atoms with Gasteiger partial charge in [-0.3, -0.25) is 14.8 Å². The minimum atomic E-state index is 0. The number of hydrogen-bond donors (Lipinski definition) is 2. The fourth-order valence-electron chi connectivity index (χ4n) is 3.52. The molecular weight excluding hydrogens is 455 g/mol. The molecule has 2 rings (SSSR count). The van der Waals surface area contributed by atoms with Crippen LogP contribution < -0.4 is 10.6 Å². The maximum Gasteiger partial charge on any atom is 0.191 e. The van der Waals surface area contributed by atoms with Gasteiger partial charge < -0.3 is 20.3 Å². The highest BCUT2D eigenvalue weighted by Crippen LogP contribution is 2.16. The van der Waals surface area contributed by atoms with Gasteiger partial charge in [-0.15, -0.1) is 24.0 Å². The zero-order valence-corrected chi connectivity index (χ0v) is 20.3. The molecule has 2 aliphatic rings. The van der Waals surface area contributed by atoms with Crippen LogP contribution in [0.3, 0.4) is 0 Å². The van der Waals surface area contributed by atoms with Crippen LogP contribution in [-0.2, 0) is 4.74 Å². The first-order valence-corrected chi connectivity index (χ1v) is 10.2. The maximum atomic E-state index is 5.48. The average Bonchev–Trinajstić information content (AvgIpc) is 2.65. The Morgan fingerprint density at radius 3 is 2.30 bits per heavy atom. The molecule has 2 fully saturated rings. The molecule has 0 aliphatic carbocycles. The number of rotatable bonds is 7. The van der Waals surface area contributed by atoms with Gasteiger partial charge in [0.05, 0.1) is 19.8 Å². The van der Waals surface area contributed by atoms with Crippen LogP contribution in [0.5, 0.6) is 0 Å². The third-order valence-corrected chi connectivity index (χ3v) is 5.56. The van der Waals surface area contributed by atoms with Crippen molar-refractivity contribution in [1.29, 1.82) is 0 Å². The summed E-state index contributed by atoms with van der Waals surface area (Å²) in [6, 6.07) is 0.514. The topological polar surface area (TPSA) is 55.4 Å². The minimum Gasteiger partial charge on any atom is -0.379 e. The van der Waals surface area contributed by atoms with Gasteiger partial charge in [-0.25, -0.2) is 0 Å². The van der Waals surface area contributed by atoms with Crippen molar-refractivity contribution in [2.24, 2.45) is 4.99 Å². The Balaban J connectivity index is 0.00000364. The van der Waals surface area contributed by atoms with Gasteiger partial charge >= 0.3 is 0 Å². The van der Waals surface area contributed by atoms with Gasteiger partial charge in [-0.05, 0) is 34.7 Å². The SMILES string of the molecule is CCNC(=NCC(C)(C)N1CCOCC1)NCC(C)N1CCN(C)CC1.I. The molecule has 0 aromatic carbocycles. The molecule has 2 aliphatic heterocycles. The summed E-state index contributed by atoms with van der Waals surface area (Å²) in [5, 5.41) is 6.94. The van der Waals surface area contributed by atoms with Crippen LogP contribution in [-0.4, -0.2) is 111 Å². The molecule has 2 heterocycles. The van der Waals surface area contributed by atoms with E-state index in [9.17, 15) is 0 Å². The standard InChI is InChI=1S/C19H40N6O.HI/c1-6-20-18(21-15-17(2)24-9-7-23(5)8-10-24)22-16-19(3,4)25-11-13-26-14-12-25;/h17H,6-16H2,1-5H3,(H2,20,21,22);1H. The van der Waals surface area contributed by atoms with E-state index in [0.29, 0.717) is 6.04 Å². The Hall–Kier alpha value is -0.160. The lowest BCUT2D eigenvalue weighted by atomic mass is 10.0. The number of aliphatic imine (C=N–C) groups is 1. The minimum absolute atomic E-state index is 0. The molecule has 0 amide bonds. The first kappa shape index (κ1) is 24.9. The number of nitrogens with one attached hydrogen (secondary N) is 2. The van der Waals surface area contributed by atoms with Crippen LogP contribution in [0.4, 0.5) is 0 Å². The Morgan fingerprint density at radius 1 is 1.07 bits per heavy atom. The number of likely N-dealkylation sites (N-methyl/N-ethyl adjacent to an activating group) is 1. The number of halogens is 1. The molecule has 160 valence electrons. The normalized spacial score (nSPS) is 22.2. The second-order valence-electron chi connectivity index (χ2n) is 8.18. The number of hydrogen-bond acceptors (Lipinski definition) is 5. The summed E-state index contributed by atoms with van der Waals surface area (Å²) >= 11 is 0. The van der Waals surface area contributed by atoms with Crippen molar-refractivity contribution in [2.45, 2.75) is 39.3 Å². The Labute approximate surface area is 183 Å². The molecule has 0 aromatic rings. The third-order valence-electron chi connectivity index (χ3n) is 5.56. The highest BCUT2D eigenvalue weighted by atomic mass is 127. The summed E-state index contributed by atoms with van der Waals surface area (Å²) in [6.07, 6.45) is 0. The summed E-state index contributed by atoms with van der Waals surface area (Å²) in [7, 11) is 2.20. The summed E-state index contributed by atoms with van der Waals surface area (Å²) in [4.78, 5) is 12.3. The van der Waals surface area contributed by atoms with E-state index in [2.05, 4.69) is 60.1 Å². The Bertz CT molecular complexity index is 434. The van der Waals surface area contributed by atoms with Gasteiger partial charge in [-0.2, -0.15) is 0 Å². The third kappa shape index (κ3) is 8.39. The van der Waals surface area contributed by atoms with Crippen molar-refractivity contribution in [3.8, 4) is 0 Å². The first-order valence-electron chi connectivity index (χ1n) is 10.2. The van der Waals surface area contributed by atoms with Crippen LogP contribution in [0.25, 0.3) is 0 Å². The van der Waals surface area contributed by atoms with E-state index in [1.807, 2.05) is 0 Å². The van der Waals surface area contributed by atoms with Gasteiger partial charge in [0.2, 0.25) is 0 Å². The Kier molecular flexibility index (Phi) is 11.4. The van der Waals surface area contributed by atoms with E-state index in [-0.39, 0.29) is 29.5 Å². The molecule has 27 heavy (non-hydrogen) atoms. The van der Waals surface area contributed by atoms with Crippen molar-refractivity contribution >= 4 is 29.9 Å². The van der Waals surface area contributed by atoms with Crippen molar-refractivity contribution in [1.82, 2.24) is 25.3 Å². The van der Waals surface area contributed by atoms with Gasteiger partial charge in [0.1, 0.15) is 0 Å². The summed E-state index contributed by atoms with van der Waals surface area (Å²) < 4.78 is 5.48. The largest absolute Gasteiger partial charge is 0.379 e. The van der Waals surface area contributed by atoms with E-state index in [1.54, 1.807) is 0 Å². The number of morpholine rings is 1. The highest BCUT2D eigenvalue weighted by molar-refractivity contribution is 14.0. The first-order chi connectivity index (χ1) is 12.4. The van der Waals surface area contributed by atoms with E-state index < -0.39 is 0 Å². The fraction of sp³-hybridized carbons (Fsp3) is 0.947.